The number of imide groups is 2. The summed E-state index contributed by atoms with van der Waals surface area (Å²) in [6.07, 6.45) is 4.78. The monoisotopic (exact) mass is 626 g/mol. The standard InChI is InChI=1S/C40H26N4O4/c1-43-37(45)24-12-14-26-32-27(15-13-25(31(24)32)38(43)46)40(48)44(39(26)47)36-29-16-28(20-10-11-21(20)29)33(36)30-17-41-34-22-8-4-2-6-18(22)19-7-3-5-9-23(19)35(34)42-30/h2-9,12-15,17,28-29,33,36H,10-11,16H2,1H3. The van der Waals surface area contributed by atoms with Crippen molar-refractivity contribution in [1.29, 1.82) is 0 Å². The van der Waals surface area contributed by atoms with Gasteiger partial charge in [0.25, 0.3) is 23.6 Å². The van der Waals surface area contributed by atoms with Crippen molar-refractivity contribution in [2.75, 3.05) is 7.05 Å². The number of fused-ring (bicyclic) bond motifs is 10. The normalized spacial score (nSPS) is 24.1. The van der Waals surface area contributed by atoms with Crippen LogP contribution in [0.15, 0.2) is 90.1 Å². The minimum absolute atomic E-state index is 0.0637. The molecule has 1 aromatic heterocycles. The molecule has 2 aliphatic heterocycles. The van der Waals surface area contributed by atoms with Crippen molar-refractivity contribution in [3.8, 4) is 0 Å². The quantitative estimate of drug-likeness (QED) is 0.119. The number of carbonyl (C=O) groups is 4. The van der Waals surface area contributed by atoms with Gasteiger partial charge in [-0.15, -0.1) is 0 Å². The lowest BCUT2D eigenvalue weighted by molar-refractivity contribution is 0.0481. The molecule has 0 saturated heterocycles. The average Bonchev–Trinajstić information content (AvgIpc) is 3.58. The number of allylic oxidation sites excluding steroid dienone is 1. The maximum Gasteiger partial charge on any atom is 0.261 e. The molecule has 8 heteroatoms. The number of hydrogen-bond acceptors (Lipinski definition) is 6. The number of aromatic nitrogens is 2. The van der Waals surface area contributed by atoms with Crippen LogP contribution in [0.25, 0.3) is 43.4 Å². The van der Waals surface area contributed by atoms with E-state index in [-0.39, 0.29) is 29.6 Å². The Morgan fingerprint density at radius 3 is 1.67 bits per heavy atom. The highest BCUT2D eigenvalue weighted by atomic mass is 16.2. The van der Waals surface area contributed by atoms with Gasteiger partial charge >= 0.3 is 0 Å². The summed E-state index contributed by atoms with van der Waals surface area (Å²) in [7, 11) is 1.45. The van der Waals surface area contributed by atoms with Crippen molar-refractivity contribution < 1.29 is 19.2 Å². The van der Waals surface area contributed by atoms with Crippen molar-refractivity contribution in [2.45, 2.75) is 31.2 Å². The van der Waals surface area contributed by atoms with Gasteiger partial charge < -0.3 is 0 Å². The number of hydrogen-bond donors (Lipinski definition) is 0. The van der Waals surface area contributed by atoms with Crippen LogP contribution in [0.2, 0.25) is 0 Å². The third kappa shape index (κ3) is 2.98. The van der Waals surface area contributed by atoms with Crippen molar-refractivity contribution in [3.63, 3.8) is 0 Å². The summed E-state index contributed by atoms with van der Waals surface area (Å²) >= 11 is 0. The van der Waals surface area contributed by atoms with Crippen LogP contribution in [0.3, 0.4) is 0 Å². The van der Waals surface area contributed by atoms with E-state index in [0.717, 1.165) is 62.4 Å². The fourth-order valence-electron chi connectivity index (χ4n) is 9.82. The molecule has 48 heavy (non-hydrogen) atoms. The van der Waals surface area contributed by atoms with Gasteiger partial charge in [-0.3, -0.25) is 34.0 Å². The fourth-order valence-corrected chi connectivity index (χ4v) is 9.82. The lowest BCUT2D eigenvalue weighted by Gasteiger charge is -2.44. The third-order valence-electron chi connectivity index (χ3n) is 11.9. The molecule has 1 saturated carbocycles. The van der Waals surface area contributed by atoms with E-state index in [0.29, 0.717) is 33.0 Å². The Morgan fingerprint density at radius 2 is 1.10 bits per heavy atom. The zero-order valence-corrected chi connectivity index (χ0v) is 25.9. The van der Waals surface area contributed by atoms with Crippen LogP contribution in [-0.2, 0) is 0 Å². The first-order chi connectivity index (χ1) is 23.4. The predicted molar refractivity (Wildman–Crippen MR) is 180 cm³/mol. The van der Waals surface area contributed by atoms with Crippen LogP contribution in [0.1, 0.15) is 72.3 Å². The van der Waals surface area contributed by atoms with Crippen LogP contribution >= 0.6 is 0 Å². The molecule has 3 aliphatic carbocycles. The van der Waals surface area contributed by atoms with Gasteiger partial charge in [0.05, 0.1) is 22.8 Å². The van der Waals surface area contributed by atoms with E-state index >= 15 is 0 Å². The van der Waals surface area contributed by atoms with Crippen molar-refractivity contribution in [3.05, 3.63) is 118 Å². The number of amides is 4. The lowest BCUT2D eigenvalue weighted by atomic mass is 9.69. The first-order valence-electron chi connectivity index (χ1n) is 16.5. The van der Waals surface area contributed by atoms with Gasteiger partial charge in [-0.05, 0) is 60.2 Å². The highest BCUT2D eigenvalue weighted by Crippen LogP contribution is 2.63. The second-order valence-electron chi connectivity index (χ2n) is 13.8. The average molecular weight is 627 g/mol. The van der Waals surface area contributed by atoms with E-state index in [2.05, 4.69) is 24.3 Å². The molecule has 0 N–H and O–H groups in total. The Balaban J connectivity index is 1.11. The van der Waals surface area contributed by atoms with E-state index in [1.54, 1.807) is 24.3 Å². The maximum atomic E-state index is 14.6. The van der Waals surface area contributed by atoms with Crippen molar-refractivity contribution in [2.24, 2.45) is 11.8 Å². The summed E-state index contributed by atoms with van der Waals surface area (Å²) in [6.45, 7) is 0. The molecule has 0 spiro atoms. The van der Waals surface area contributed by atoms with Crippen LogP contribution in [0.4, 0.5) is 0 Å². The highest BCUT2D eigenvalue weighted by Gasteiger charge is 2.59. The molecule has 3 heterocycles. The molecule has 0 radical (unpaired) electrons. The fraction of sp³-hybridized carbons (Fsp3) is 0.200. The molecule has 4 atom stereocenters. The second-order valence-corrected chi connectivity index (χ2v) is 13.8. The first kappa shape index (κ1) is 26.3. The topological polar surface area (TPSA) is 101 Å². The number of benzene rings is 5. The van der Waals surface area contributed by atoms with Crippen LogP contribution < -0.4 is 0 Å². The van der Waals surface area contributed by atoms with Gasteiger partial charge in [0.15, 0.2) is 0 Å². The summed E-state index contributed by atoms with van der Waals surface area (Å²) in [4.78, 5) is 68.4. The highest BCUT2D eigenvalue weighted by molar-refractivity contribution is 6.33. The van der Waals surface area contributed by atoms with Crippen LogP contribution in [0, 0.1) is 11.8 Å². The smallest absolute Gasteiger partial charge is 0.261 e. The first-order valence-corrected chi connectivity index (χ1v) is 16.5. The largest absolute Gasteiger partial charge is 0.277 e. The van der Waals surface area contributed by atoms with E-state index in [9.17, 15) is 19.2 Å². The molecule has 5 aromatic carbocycles. The molecular formula is C40H26N4O4. The molecule has 1 fully saturated rings. The van der Waals surface area contributed by atoms with Gasteiger partial charge in [-0.1, -0.05) is 59.7 Å². The van der Waals surface area contributed by atoms with E-state index in [1.165, 1.54) is 23.1 Å². The van der Waals surface area contributed by atoms with Gasteiger partial charge in [-0.2, -0.15) is 0 Å². The molecule has 6 aromatic rings. The zero-order chi connectivity index (χ0) is 32.2. The molecule has 11 rings (SSSR count). The molecule has 4 unspecified atom stereocenters. The Hall–Kier alpha value is -5.76. The number of nitrogens with zero attached hydrogens (tertiary/aromatic N) is 4. The summed E-state index contributed by atoms with van der Waals surface area (Å²) < 4.78 is 0. The molecular weight excluding hydrogens is 600 g/mol. The summed E-state index contributed by atoms with van der Waals surface area (Å²) in [5, 5.41) is 5.10. The molecule has 4 amide bonds. The predicted octanol–water partition coefficient (Wildman–Crippen LogP) is 6.80. The summed E-state index contributed by atoms with van der Waals surface area (Å²) in [5.41, 5.74) is 6.67. The molecule has 5 aliphatic rings. The van der Waals surface area contributed by atoms with Gasteiger partial charge in [0.2, 0.25) is 0 Å². The second kappa shape index (κ2) is 8.77. The number of rotatable bonds is 2. The van der Waals surface area contributed by atoms with E-state index in [4.69, 9.17) is 9.97 Å². The van der Waals surface area contributed by atoms with Gasteiger partial charge in [0, 0.05) is 68.9 Å². The molecule has 2 bridgehead atoms. The Kier molecular flexibility index (Phi) is 4.81. The Morgan fingerprint density at radius 1 is 0.604 bits per heavy atom. The molecule has 8 nitrogen and oxygen atoms in total. The third-order valence-corrected chi connectivity index (χ3v) is 11.9. The van der Waals surface area contributed by atoms with Crippen molar-refractivity contribution >= 4 is 67.0 Å². The maximum absolute atomic E-state index is 14.6. The van der Waals surface area contributed by atoms with Gasteiger partial charge in [0.1, 0.15) is 0 Å². The minimum Gasteiger partial charge on any atom is -0.277 e. The Bertz CT molecular complexity index is 2530. The van der Waals surface area contributed by atoms with E-state index < -0.39 is 17.9 Å². The van der Waals surface area contributed by atoms with Crippen molar-refractivity contribution in [1.82, 2.24) is 19.8 Å². The minimum atomic E-state index is -0.439. The van der Waals surface area contributed by atoms with Crippen LogP contribution in [-0.4, -0.2) is 56.5 Å². The summed E-state index contributed by atoms with van der Waals surface area (Å²) in [6, 6.07) is 22.7. The Labute approximate surface area is 273 Å². The van der Waals surface area contributed by atoms with E-state index in [1.807, 2.05) is 30.5 Å². The molecule has 230 valence electrons. The number of carbonyl (C=O) groups excluding carboxylic acids is 4. The van der Waals surface area contributed by atoms with Gasteiger partial charge in [-0.25, -0.2) is 4.98 Å². The zero-order valence-electron chi connectivity index (χ0n) is 25.9. The van der Waals surface area contributed by atoms with Crippen LogP contribution in [0.5, 0.6) is 0 Å². The lowest BCUT2D eigenvalue weighted by Crippen LogP contribution is -2.53. The summed E-state index contributed by atoms with van der Waals surface area (Å²) in [5.74, 6) is -1.60. The SMILES string of the molecule is CN1C(=O)c2ccc3c4c(ccc(c24)C1=O)C(=O)N(C1C2CC(C4=C2CC4)C1c1cnc2c4ccccc4c4ccccc4c2n1)C3=O.